The minimum atomic E-state index is -3.81. The molecule has 0 amide bonds. The summed E-state index contributed by atoms with van der Waals surface area (Å²) in [5.74, 6) is -0.608. The monoisotopic (exact) mass is 308 g/mol. The largest absolute Gasteiger partial charge is 0.326 e. The molecule has 0 bridgehead atoms. The van der Waals surface area contributed by atoms with E-state index in [0.29, 0.717) is 5.56 Å². The number of halogens is 1. The van der Waals surface area contributed by atoms with Crippen molar-refractivity contribution in [1.82, 2.24) is 4.72 Å². The summed E-state index contributed by atoms with van der Waals surface area (Å²) >= 11 is 0. The molecule has 0 unspecified atom stereocenters. The number of aryl methyl sites for hydroxylation is 1. The van der Waals surface area contributed by atoms with Crippen molar-refractivity contribution in [1.29, 1.82) is 0 Å². The minimum Gasteiger partial charge on any atom is -0.326 e. The van der Waals surface area contributed by atoms with Gasteiger partial charge in [-0.15, -0.1) is 0 Å². The molecule has 2 aromatic carbocycles. The Bertz CT molecular complexity index is 745. The summed E-state index contributed by atoms with van der Waals surface area (Å²) < 4.78 is 40.3. The first-order chi connectivity index (χ1) is 9.92. The van der Waals surface area contributed by atoms with Crippen LogP contribution in [0, 0.1) is 12.7 Å². The van der Waals surface area contributed by atoms with Crippen LogP contribution < -0.4 is 10.5 Å². The highest BCUT2D eigenvalue weighted by atomic mass is 32.2. The molecule has 112 valence electrons. The molecular formula is C15H17FN2O2S. The Hall–Kier alpha value is -1.76. The molecule has 6 heteroatoms. The maximum atomic E-state index is 13.3. The van der Waals surface area contributed by atoms with Crippen molar-refractivity contribution in [3.63, 3.8) is 0 Å². The summed E-state index contributed by atoms with van der Waals surface area (Å²) in [6.45, 7) is 2.10. The summed E-state index contributed by atoms with van der Waals surface area (Å²) in [5.41, 5.74) is 7.77. The smallest absolute Gasteiger partial charge is 0.241 e. The van der Waals surface area contributed by atoms with E-state index in [2.05, 4.69) is 4.72 Å². The third-order valence-electron chi connectivity index (χ3n) is 3.09. The van der Waals surface area contributed by atoms with Crippen LogP contribution in [0.4, 0.5) is 4.39 Å². The minimum absolute atomic E-state index is 0.0287. The number of benzene rings is 2. The van der Waals surface area contributed by atoms with E-state index in [0.717, 1.165) is 17.2 Å². The molecule has 0 radical (unpaired) electrons. The predicted octanol–water partition coefficient (Wildman–Crippen LogP) is 2.07. The molecule has 0 saturated heterocycles. The number of nitrogens with one attached hydrogen (secondary N) is 1. The second-order valence-corrected chi connectivity index (χ2v) is 6.51. The van der Waals surface area contributed by atoms with Crippen LogP contribution >= 0.6 is 0 Å². The zero-order chi connectivity index (χ0) is 15.5. The Balaban J connectivity index is 2.24. The SMILES string of the molecule is Cc1cccc(CNS(=O)(=O)c2cc(F)ccc2CN)c1. The normalized spacial score (nSPS) is 11.6. The number of nitrogens with two attached hydrogens (primary N) is 1. The third kappa shape index (κ3) is 3.87. The van der Waals surface area contributed by atoms with Crippen molar-refractivity contribution in [2.24, 2.45) is 5.73 Å². The van der Waals surface area contributed by atoms with Gasteiger partial charge in [0.25, 0.3) is 0 Å². The Morgan fingerprint density at radius 2 is 1.95 bits per heavy atom. The molecule has 4 nitrogen and oxygen atoms in total. The van der Waals surface area contributed by atoms with Gasteiger partial charge in [-0.05, 0) is 30.2 Å². The molecule has 0 aliphatic carbocycles. The van der Waals surface area contributed by atoms with Gasteiger partial charge in [-0.3, -0.25) is 0 Å². The van der Waals surface area contributed by atoms with Crippen molar-refractivity contribution >= 4 is 10.0 Å². The first-order valence-electron chi connectivity index (χ1n) is 6.46. The maximum absolute atomic E-state index is 13.3. The van der Waals surface area contributed by atoms with Crippen molar-refractivity contribution < 1.29 is 12.8 Å². The first kappa shape index (κ1) is 15.6. The lowest BCUT2D eigenvalue weighted by molar-refractivity contribution is 0.575. The lowest BCUT2D eigenvalue weighted by Gasteiger charge is -2.11. The molecule has 0 atom stereocenters. The zero-order valence-electron chi connectivity index (χ0n) is 11.6. The topological polar surface area (TPSA) is 72.2 Å². The van der Waals surface area contributed by atoms with Gasteiger partial charge in [-0.1, -0.05) is 35.9 Å². The third-order valence-corrected chi connectivity index (χ3v) is 4.57. The van der Waals surface area contributed by atoms with Crippen molar-refractivity contribution in [3.05, 3.63) is 65.0 Å². The van der Waals surface area contributed by atoms with E-state index in [1.165, 1.54) is 12.1 Å². The standard InChI is InChI=1S/C15H17FN2O2S/c1-11-3-2-4-12(7-11)10-18-21(19,20)15-8-14(16)6-5-13(15)9-17/h2-8,18H,9-10,17H2,1H3. The average molecular weight is 308 g/mol. The molecule has 0 spiro atoms. The summed E-state index contributed by atoms with van der Waals surface area (Å²) in [7, 11) is -3.81. The molecule has 21 heavy (non-hydrogen) atoms. The van der Waals surface area contributed by atoms with Crippen molar-refractivity contribution in [2.75, 3.05) is 0 Å². The fourth-order valence-electron chi connectivity index (χ4n) is 2.03. The van der Waals surface area contributed by atoms with Gasteiger partial charge in [-0.25, -0.2) is 17.5 Å². The molecule has 0 aliphatic rings. The molecule has 0 aliphatic heterocycles. The van der Waals surface area contributed by atoms with E-state index < -0.39 is 15.8 Å². The van der Waals surface area contributed by atoms with Crippen LogP contribution in [0.2, 0.25) is 0 Å². The van der Waals surface area contributed by atoms with Crippen molar-refractivity contribution in [2.45, 2.75) is 24.9 Å². The summed E-state index contributed by atoms with van der Waals surface area (Å²) in [4.78, 5) is -0.113. The molecule has 2 rings (SSSR count). The molecule has 0 aromatic heterocycles. The fraction of sp³-hybridized carbons (Fsp3) is 0.200. The van der Waals surface area contributed by atoms with Gasteiger partial charge >= 0.3 is 0 Å². The van der Waals surface area contributed by atoms with Gasteiger partial charge in [0.05, 0.1) is 4.90 Å². The van der Waals surface area contributed by atoms with Crippen LogP contribution in [0.5, 0.6) is 0 Å². The molecule has 0 saturated carbocycles. The van der Waals surface area contributed by atoms with Crippen molar-refractivity contribution in [3.8, 4) is 0 Å². The van der Waals surface area contributed by atoms with E-state index in [1.807, 2.05) is 31.2 Å². The molecule has 0 fully saturated rings. The average Bonchev–Trinajstić information content (AvgIpc) is 2.45. The molecule has 2 aromatic rings. The van der Waals surface area contributed by atoms with Crippen LogP contribution in [0.25, 0.3) is 0 Å². The number of sulfonamides is 1. The highest BCUT2D eigenvalue weighted by Gasteiger charge is 2.18. The number of hydrogen-bond donors (Lipinski definition) is 2. The molecule has 0 heterocycles. The zero-order valence-corrected chi connectivity index (χ0v) is 12.5. The van der Waals surface area contributed by atoms with E-state index in [4.69, 9.17) is 5.73 Å². The highest BCUT2D eigenvalue weighted by Crippen LogP contribution is 2.17. The van der Waals surface area contributed by atoms with Crippen LogP contribution in [0.1, 0.15) is 16.7 Å². The Labute approximate surface area is 123 Å². The Morgan fingerprint density at radius 1 is 1.19 bits per heavy atom. The second-order valence-electron chi connectivity index (χ2n) is 4.77. The van der Waals surface area contributed by atoms with Gasteiger partial charge in [0.2, 0.25) is 10.0 Å². The Kier molecular flexibility index (Phi) is 4.72. The lowest BCUT2D eigenvalue weighted by Crippen LogP contribution is -2.25. The summed E-state index contributed by atoms with van der Waals surface area (Å²) in [6, 6.07) is 11.1. The van der Waals surface area contributed by atoms with E-state index in [-0.39, 0.29) is 18.0 Å². The van der Waals surface area contributed by atoms with Crippen LogP contribution in [-0.2, 0) is 23.1 Å². The maximum Gasteiger partial charge on any atom is 0.241 e. The quantitative estimate of drug-likeness (QED) is 0.888. The van der Waals surface area contributed by atoms with Gasteiger partial charge in [0.15, 0.2) is 0 Å². The first-order valence-corrected chi connectivity index (χ1v) is 7.94. The van der Waals surface area contributed by atoms with Crippen LogP contribution in [0.3, 0.4) is 0 Å². The highest BCUT2D eigenvalue weighted by molar-refractivity contribution is 7.89. The van der Waals surface area contributed by atoms with Gasteiger partial charge in [-0.2, -0.15) is 0 Å². The van der Waals surface area contributed by atoms with Gasteiger partial charge in [0, 0.05) is 13.1 Å². The van der Waals surface area contributed by atoms with E-state index in [9.17, 15) is 12.8 Å². The Morgan fingerprint density at radius 3 is 2.62 bits per heavy atom. The summed E-state index contributed by atoms with van der Waals surface area (Å²) in [5, 5.41) is 0. The van der Waals surface area contributed by atoms with Gasteiger partial charge < -0.3 is 5.73 Å². The number of rotatable bonds is 5. The van der Waals surface area contributed by atoms with E-state index >= 15 is 0 Å². The number of hydrogen-bond acceptors (Lipinski definition) is 3. The van der Waals surface area contributed by atoms with Crippen LogP contribution in [0.15, 0.2) is 47.4 Å². The van der Waals surface area contributed by atoms with Crippen LogP contribution in [-0.4, -0.2) is 8.42 Å². The lowest BCUT2D eigenvalue weighted by atomic mass is 10.1. The molecule has 3 N–H and O–H groups in total. The predicted molar refractivity (Wildman–Crippen MR) is 79.5 cm³/mol. The fourth-order valence-corrected chi connectivity index (χ4v) is 3.30. The summed E-state index contributed by atoms with van der Waals surface area (Å²) in [6.07, 6.45) is 0. The van der Waals surface area contributed by atoms with E-state index in [1.54, 1.807) is 0 Å². The second kappa shape index (κ2) is 6.34. The molecular weight excluding hydrogens is 291 g/mol. The van der Waals surface area contributed by atoms with Gasteiger partial charge in [0.1, 0.15) is 5.82 Å².